The van der Waals surface area contributed by atoms with Gasteiger partial charge in [-0.25, -0.2) is 4.98 Å². The second-order valence-corrected chi connectivity index (χ2v) is 4.58. The van der Waals surface area contributed by atoms with Gasteiger partial charge in [-0.05, 0) is 38.1 Å². The third-order valence-corrected chi connectivity index (χ3v) is 3.30. The number of hydrogen-bond acceptors (Lipinski definition) is 5. The largest absolute Gasteiger partial charge is 0.372 e. The Kier molecular flexibility index (Phi) is 4.41. The summed E-state index contributed by atoms with van der Waals surface area (Å²) >= 11 is 1.48. The van der Waals surface area contributed by atoms with Crippen LogP contribution >= 0.6 is 11.3 Å². The zero-order chi connectivity index (χ0) is 12.8. The molecule has 1 aromatic carbocycles. The Labute approximate surface area is 111 Å². The van der Waals surface area contributed by atoms with Gasteiger partial charge in [-0.1, -0.05) is 0 Å². The molecular weight excluding hydrogens is 244 g/mol. The van der Waals surface area contributed by atoms with Gasteiger partial charge in [0.15, 0.2) is 0 Å². The summed E-state index contributed by atoms with van der Waals surface area (Å²) in [6, 6.07) is 8.10. The van der Waals surface area contributed by atoms with Crippen molar-refractivity contribution >= 4 is 27.8 Å². The quantitative estimate of drug-likeness (QED) is 0.747. The van der Waals surface area contributed by atoms with Crippen LogP contribution in [0.2, 0.25) is 0 Å². The number of hydrogen-bond donors (Lipinski definition) is 0. The molecule has 0 unspecified atom stereocenters. The normalized spacial score (nSPS) is 11.0. The maximum Gasteiger partial charge on any atom is 0.229 e. The molecule has 0 radical (unpaired) electrons. The van der Waals surface area contributed by atoms with Gasteiger partial charge >= 0.3 is 0 Å². The molecule has 0 spiro atoms. The predicted octanol–water partition coefficient (Wildman–Crippen LogP) is 4.40. The van der Waals surface area contributed by atoms with E-state index >= 15 is 0 Å². The van der Waals surface area contributed by atoms with Gasteiger partial charge in [0.25, 0.3) is 0 Å². The van der Waals surface area contributed by atoms with E-state index in [2.05, 4.69) is 46.1 Å². The van der Waals surface area contributed by atoms with Crippen LogP contribution < -0.4 is 4.90 Å². The Bertz CT molecular complexity index is 486. The number of aromatic nitrogens is 1. The fourth-order valence-corrected chi connectivity index (χ4v) is 2.14. The van der Waals surface area contributed by atoms with Crippen molar-refractivity contribution in [2.75, 3.05) is 18.0 Å². The van der Waals surface area contributed by atoms with Crippen LogP contribution in [0.4, 0.5) is 16.5 Å². The van der Waals surface area contributed by atoms with Crippen molar-refractivity contribution in [1.29, 1.82) is 0 Å². The van der Waals surface area contributed by atoms with Crippen molar-refractivity contribution in [2.45, 2.75) is 13.8 Å². The number of azo groups is 1. The average Bonchev–Trinajstić information content (AvgIpc) is 2.92. The fraction of sp³-hybridized carbons (Fsp3) is 0.308. The highest BCUT2D eigenvalue weighted by Gasteiger charge is 2.00. The molecule has 0 aliphatic rings. The van der Waals surface area contributed by atoms with Crippen LogP contribution in [0.25, 0.3) is 0 Å². The molecule has 94 valence electrons. The summed E-state index contributed by atoms with van der Waals surface area (Å²) in [4.78, 5) is 6.35. The van der Waals surface area contributed by atoms with Crippen molar-refractivity contribution < 1.29 is 0 Å². The van der Waals surface area contributed by atoms with Crippen LogP contribution in [0, 0.1) is 0 Å². The molecule has 0 aliphatic carbocycles. The van der Waals surface area contributed by atoms with E-state index in [-0.39, 0.29) is 0 Å². The summed E-state index contributed by atoms with van der Waals surface area (Å²) in [5.41, 5.74) is 2.06. The van der Waals surface area contributed by atoms with Crippen LogP contribution in [0.3, 0.4) is 0 Å². The second kappa shape index (κ2) is 6.26. The minimum Gasteiger partial charge on any atom is -0.372 e. The number of benzene rings is 1. The van der Waals surface area contributed by atoms with E-state index in [1.165, 1.54) is 17.0 Å². The van der Waals surface area contributed by atoms with Gasteiger partial charge in [-0.2, -0.15) is 0 Å². The van der Waals surface area contributed by atoms with Crippen molar-refractivity contribution in [3.63, 3.8) is 0 Å². The van der Waals surface area contributed by atoms with Gasteiger partial charge in [0, 0.05) is 30.4 Å². The Hall–Kier alpha value is -1.75. The van der Waals surface area contributed by atoms with Crippen molar-refractivity contribution in [2.24, 2.45) is 10.2 Å². The number of thiazole rings is 1. The zero-order valence-corrected chi connectivity index (χ0v) is 11.4. The molecule has 0 saturated carbocycles. The first kappa shape index (κ1) is 12.7. The third-order valence-electron chi connectivity index (χ3n) is 2.65. The first-order chi connectivity index (χ1) is 8.83. The Morgan fingerprint density at radius 1 is 1.11 bits per heavy atom. The first-order valence-electron chi connectivity index (χ1n) is 5.99. The lowest BCUT2D eigenvalue weighted by Gasteiger charge is -2.20. The molecule has 0 aliphatic heterocycles. The summed E-state index contributed by atoms with van der Waals surface area (Å²) in [6.07, 6.45) is 1.72. The fourth-order valence-electron chi connectivity index (χ4n) is 1.68. The van der Waals surface area contributed by atoms with Gasteiger partial charge in [0.1, 0.15) is 0 Å². The lowest BCUT2D eigenvalue weighted by atomic mass is 10.2. The maximum atomic E-state index is 4.16. The van der Waals surface area contributed by atoms with Crippen LogP contribution in [-0.2, 0) is 0 Å². The van der Waals surface area contributed by atoms with E-state index in [4.69, 9.17) is 0 Å². The first-order valence-corrected chi connectivity index (χ1v) is 6.87. The van der Waals surface area contributed by atoms with E-state index < -0.39 is 0 Å². The van der Waals surface area contributed by atoms with Gasteiger partial charge in [0.2, 0.25) is 5.13 Å². The topological polar surface area (TPSA) is 40.9 Å². The summed E-state index contributed by atoms with van der Waals surface area (Å²) in [6.45, 7) is 6.33. The van der Waals surface area contributed by atoms with E-state index in [0.717, 1.165) is 18.8 Å². The highest BCUT2D eigenvalue weighted by atomic mass is 32.1. The molecule has 1 aromatic heterocycles. The van der Waals surface area contributed by atoms with Crippen molar-refractivity contribution in [1.82, 2.24) is 4.98 Å². The summed E-state index contributed by atoms with van der Waals surface area (Å²) in [7, 11) is 0. The molecular formula is C13H16N4S. The van der Waals surface area contributed by atoms with Crippen LogP contribution in [0.5, 0.6) is 0 Å². The van der Waals surface area contributed by atoms with Crippen molar-refractivity contribution in [3.05, 3.63) is 35.8 Å². The van der Waals surface area contributed by atoms with Gasteiger partial charge < -0.3 is 4.90 Å². The molecule has 18 heavy (non-hydrogen) atoms. The standard InChI is InChI=1S/C13H16N4S/c1-3-17(4-2)12-7-5-11(6-8-12)15-16-13-14-9-10-18-13/h5-10H,3-4H2,1-2H3. The Morgan fingerprint density at radius 2 is 1.83 bits per heavy atom. The van der Waals surface area contributed by atoms with Gasteiger partial charge in [-0.3, -0.25) is 0 Å². The van der Waals surface area contributed by atoms with Gasteiger partial charge in [0.05, 0.1) is 5.69 Å². The monoisotopic (exact) mass is 260 g/mol. The Morgan fingerprint density at radius 3 is 2.39 bits per heavy atom. The lowest BCUT2D eigenvalue weighted by molar-refractivity contribution is 0.866. The number of nitrogens with zero attached hydrogens (tertiary/aromatic N) is 4. The minimum absolute atomic E-state index is 0.683. The molecule has 0 atom stereocenters. The maximum absolute atomic E-state index is 4.16. The lowest BCUT2D eigenvalue weighted by Crippen LogP contribution is -2.21. The molecule has 2 rings (SSSR count). The number of rotatable bonds is 5. The van der Waals surface area contributed by atoms with E-state index in [1.54, 1.807) is 6.20 Å². The molecule has 0 fully saturated rings. The Balaban J connectivity index is 2.08. The molecule has 4 nitrogen and oxygen atoms in total. The van der Waals surface area contributed by atoms with Crippen LogP contribution in [0.15, 0.2) is 46.1 Å². The summed E-state index contributed by atoms with van der Waals surface area (Å²) in [5, 5.41) is 10.8. The van der Waals surface area contributed by atoms with E-state index in [9.17, 15) is 0 Å². The summed E-state index contributed by atoms with van der Waals surface area (Å²) < 4.78 is 0. The minimum atomic E-state index is 0.683. The zero-order valence-electron chi connectivity index (χ0n) is 10.6. The van der Waals surface area contributed by atoms with E-state index in [0.29, 0.717) is 5.13 Å². The predicted molar refractivity (Wildman–Crippen MR) is 76.3 cm³/mol. The SMILES string of the molecule is CCN(CC)c1ccc(N=Nc2nccs2)cc1. The molecule has 0 amide bonds. The molecule has 5 heteroatoms. The molecule has 2 aromatic rings. The highest BCUT2D eigenvalue weighted by Crippen LogP contribution is 2.22. The highest BCUT2D eigenvalue weighted by molar-refractivity contribution is 7.13. The van der Waals surface area contributed by atoms with Crippen LogP contribution in [-0.4, -0.2) is 18.1 Å². The van der Waals surface area contributed by atoms with Crippen LogP contribution in [0.1, 0.15) is 13.8 Å². The molecule has 1 heterocycles. The van der Waals surface area contributed by atoms with E-state index in [1.807, 2.05) is 17.5 Å². The average molecular weight is 260 g/mol. The molecule has 0 N–H and O–H groups in total. The second-order valence-electron chi connectivity index (χ2n) is 3.70. The molecule has 0 bridgehead atoms. The molecule has 0 saturated heterocycles. The smallest absolute Gasteiger partial charge is 0.229 e. The van der Waals surface area contributed by atoms with Gasteiger partial charge in [-0.15, -0.1) is 21.6 Å². The third kappa shape index (κ3) is 3.13. The number of anilines is 1. The van der Waals surface area contributed by atoms with Crippen molar-refractivity contribution in [3.8, 4) is 0 Å². The summed E-state index contributed by atoms with van der Waals surface area (Å²) in [5.74, 6) is 0.